The summed E-state index contributed by atoms with van der Waals surface area (Å²) in [6.07, 6.45) is 10.1. The zero-order valence-corrected chi connectivity index (χ0v) is 14.0. The topological polar surface area (TPSA) is 46.3 Å². The highest BCUT2D eigenvalue weighted by Gasteiger charge is 2.31. The van der Waals surface area contributed by atoms with E-state index in [1.807, 2.05) is 0 Å². The third-order valence-corrected chi connectivity index (χ3v) is 5.69. The maximum absolute atomic E-state index is 12.9. The van der Waals surface area contributed by atoms with Crippen molar-refractivity contribution in [1.29, 1.82) is 0 Å². The average molecular weight is 294 g/mol. The molecule has 0 spiro atoms. The number of rotatable bonds is 5. The second-order valence-corrected chi connectivity index (χ2v) is 7.59. The molecule has 2 rings (SSSR count). The SMILES string of the molecule is CC(C)C(CC1CCCCC1)C(=O)N1CCC(CN)CC1. The van der Waals surface area contributed by atoms with Crippen LogP contribution in [0, 0.1) is 23.7 Å². The fourth-order valence-corrected chi connectivity index (χ4v) is 4.06. The highest BCUT2D eigenvalue weighted by atomic mass is 16.2. The Morgan fingerprint density at radius 2 is 1.67 bits per heavy atom. The number of carbonyl (C=O) groups excluding carboxylic acids is 1. The molecule has 3 nitrogen and oxygen atoms in total. The molecule has 1 atom stereocenters. The number of likely N-dealkylation sites (tertiary alicyclic amines) is 1. The van der Waals surface area contributed by atoms with Crippen molar-refractivity contribution in [3.63, 3.8) is 0 Å². The van der Waals surface area contributed by atoms with Crippen molar-refractivity contribution < 1.29 is 4.79 Å². The van der Waals surface area contributed by atoms with Gasteiger partial charge in [0, 0.05) is 19.0 Å². The van der Waals surface area contributed by atoms with Gasteiger partial charge < -0.3 is 10.6 Å². The molecule has 2 N–H and O–H groups in total. The van der Waals surface area contributed by atoms with Crippen molar-refractivity contribution in [3.8, 4) is 0 Å². The van der Waals surface area contributed by atoms with Crippen LogP contribution in [-0.2, 0) is 4.79 Å². The predicted octanol–water partition coefficient (Wildman–Crippen LogP) is 3.43. The molecule has 0 aromatic rings. The van der Waals surface area contributed by atoms with Gasteiger partial charge in [0.1, 0.15) is 0 Å². The van der Waals surface area contributed by atoms with Crippen molar-refractivity contribution in [1.82, 2.24) is 4.90 Å². The summed E-state index contributed by atoms with van der Waals surface area (Å²) in [6, 6.07) is 0. The zero-order valence-electron chi connectivity index (χ0n) is 14.0. The van der Waals surface area contributed by atoms with E-state index in [-0.39, 0.29) is 5.92 Å². The Morgan fingerprint density at radius 3 is 2.19 bits per heavy atom. The van der Waals surface area contributed by atoms with E-state index < -0.39 is 0 Å². The summed E-state index contributed by atoms with van der Waals surface area (Å²) >= 11 is 0. The van der Waals surface area contributed by atoms with Gasteiger partial charge in [-0.05, 0) is 43.6 Å². The van der Waals surface area contributed by atoms with E-state index >= 15 is 0 Å². The van der Waals surface area contributed by atoms with Gasteiger partial charge in [0.25, 0.3) is 0 Å². The number of nitrogens with zero attached hydrogens (tertiary/aromatic N) is 1. The minimum absolute atomic E-state index is 0.238. The zero-order chi connectivity index (χ0) is 15.2. The molecular weight excluding hydrogens is 260 g/mol. The molecule has 21 heavy (non-hydrogen) atoms. The van der Waals surface area contributed by atoms with E-state index in [9.17, 15) is 4.79 Å². The van der Waals surface area contributed by atoms with Gasteiger partial charge in [0.2, 0.25) is 5.91 Å². The van der Waals surface area contributed by atoms with Gasteiger partial charge in [0.15, 0.2) is 0 Å². The lowest BCUT2D eigenvalue weighted by Gasteiger charge is -2.36. The molecule has 1 aliphatic carbocycles. The van der Waals surface area contributed by atoms with Gasteiger partial charge in [0.05, 0.1) is 0 Å². The lowest BCUT2D eigenvalue weighted by Crippen LogP contribution is -2.44. The van der Waals surface area contributed by atoms with E-state index in [2.05, 4.69) is 18.7 Å². The first kappa shape index (κ1) is 16.8. The van der Waals surface area contributed by atoms with E-state index in [1.165, 1.54) is 32.1 Å². The molecule has 1 heterocycles. The first-order valence-electron chi connectivity index (χ1n) is 9.10. The van der Waals surface area contributed by atoms with Crippen molar-refractivity contribution in [2.75, 3.05) is 19.6 Å². The number of piperidine rings is 1. The molecular formula is C18H34N2O. The van der Waals surface area contributed by atoms with Gasteiger partial charge in [-0.3, -0.25) is 4.79 Å². The summed E-state index contributed by atoms with van der Waals surface area (Å²) in [5.74, 6) is 2.54. The van der Waals surface area contributed by atoms with Gasteiger partial charge in [-0.2, -0.15) is 0 Å². The molecule has 1 saturated carbocycles. The van der Waals surface area contributed by atoms with Crippen molar-refractivity contribution in [2.45, 2.75) is 65.2 Å². The first-order valence-corrected chi connectivity index (χ1v) is 9.10. The number of hydrogen-bond acceptors (Lipinski definition) is 2. The molecule has 2 aliphatic rings. The van der Waals surface area contributed by atoms with Gasteiger partial charge in [-0.1, -0.05) is 46.0 Å². The molecule has 3 heteroatoms. The molecule has 0 radical (unpaired) electrons. The van der Waals surface area contributed by atoms with Crippen molar-refractivity contribution in [3.05, 3.63) is 0 Å². The fraction of sp³-hybridized carbons (Fsp3) is 0.944. The number of nitrogens with two attached hydrogens (primary N) is 1. The highest BCUT2D eigenvalue weighted by Crippen LogP contribution is 2.33. The van der Waals surface area contributed by atoms with Crippen LogP contribution in [0.3, 0.4) is 0 Å². The largest absolute Gasteiger partial charge is 0.342 e. The molecule has 1 saturated heterocycles. The number of hydrogen-bond donors (Lipinski definition) is 1. The van der Waals surface area contributed by atoms with Crippen LogP contribution in [0.5, 0.6) is 0 Å². The van der Waals surface area contributed by atoms with Gasteiger partial charge in [-0.15, -0.1) is 0 Å². The summed E-state index contributed by atoms with van der Waals surface area (Å²) in [7, 11) is 0. The molecule has 1 unspecified atom stereocenters. The predicted molar refractivity (Wildman–Crippen MR) is 87.9 cm³/mol. The van der Waals surface area contributed by atoms with Crippen LogP contribution in [0.15, 0.2) is 0 Å². The van der Waals surface area contributed by atoms with Crippen LogP contribution in [0.4, 0.5) is 0 Å². The first-order chi connectivity index (χ1) is 10.1. The fourth-order valence-electron chi connectivity index (χ4n) is 4.06. The van der Waals surface area contributed by atoms with E-state index in [0.29, 0.717) is 17.7 Å². The Hall–Kier alpha value is -0.570. The third kappa shape index (κ3) is 4.70. The highest BCUT2D eigenvalue weighted by molar-refractivity contribution is 5.79. The van der Waals surface area contributed by atoms with Crippen LogP contribution in [0.25, 0.3) is 0 Å². The van der Waals surface area contributed by atoms with Gasteiger partial charge in [-0.25, -0.2) is 0 Å². The molecule has 0 bridgehead atoms. The summed E-state index contributed by atoms with van der Waals surface area (Å²) < 4.78 is 0. The molecule has 0 aromatic heterocycles. The Balaban J connectivity index is 1.89. The minimum atomic E-state index is 0.238. The molecule has 0 aromatic carbocycles. The average Bonchev–Trinajstić information content (AvgIpc) is 2.53. The molecule has 2 fully saturated rings. The Morgan fingerprint density at radius 1 is 1.05 bits per heavy atom. The maximum Gasteiger partial charge on any atom is 0.225 e. The Labute approximate surface area is 130 Å². The van der Waals surface area contributed by atoms with Crippen molar-refractivity contribution in [2.24, 2.45) is 29.4 Å². The standard InChI is InChI=1S/C18H34N2O/c1-14(2)17(12-15-6-4-3-5-7-15)18(21)20-10-8-16(13-19)9-11-20/h14-17H,3-13,19H2,1-2H3. The molecule has 122 valence electrons. The smallest absolute Gasteiger partial charge is 0.225 e. The minimum Gasteiger partial charge on any atom is -0.342 e. The maximum atomic E-state index is 12.9. The Kier molecular flexibility index (Phi) is 6.53. The van der Waals surface area contributed by atoms with Crippen molar-refractivity contribution >= 4 is 5.91 Å². The van der Waals surface area contributed by atoms with Crippen LogP contribution >= 0.6 is 0 Å². The lowest BCUT2D eigenvalue weighted by atomic mass is 9.78. The van der Waals surface area contributed by atoms with Crippen LogP contribution in [0.1, 0.15) is 65.2 Å². The molecule has 1 aliphatic heterocycles. The van der Waals surface area contributed by atoms with Crippen LogP contribution < -0.4 is 5.73 Å². The second-order valence-electron chi connectivity index (χ2n) is 7.59. The van der Waals surface area contributed by atoms with E-state index in [4.69, 9.17) is 5.73 Å². The Bertz CT molecular complexity index is 315. The summed E-state index contributed by atoms with van der Waals surface area (Å²) in [5, 5.41) is 0. The second kappa shape index (κ2) is 8.17. The summed E-state index contributed by atoms with van der Waals surface area (Å²) in [6.45, 7) is 7.07. The van der Waals surface area contributed by atoms with Gasteiger partial charge >= 0.3 is 0 Å². The number of amides is 1. The lowest BCUT2D eigenvalue weighted by molar-refractivity contribution is -0.139. The van der Waals surface area contributed by atoms with Crippen LogP contribution in [-0.4, -0.2) is 30.4 Å². The van der Waals surface area contributed by atoms with Crippen LogP contribution in [0.2, 0.25) is 0 Å². The van der Waals surface area contributed by atoms with E-state index in [0.717, 1.165) is 44.8 Å². The normalized spacial score (nSPS) is 23.5. The quantitative estimate of drug-likeness (QED) is 0.844. The monoisotopic (exact) mass is 294 g/mol. The third-order valence-electron chi connectivity index (χ3n) is 5.69. The molecule has 1 amide bonds. The number of carbonyl (C=O) groups is 1. The summed E-state index contributed by atoms with van der Waals surface area (Å²) in [4.78, 5) is 15.0. The summed E-state index contributed by atoms with van der Waals surface area (Å²) in [5.41, 5.74) is 5.75. The van der Waals surface area contributed by atoms with E-state index in [1.54, 1.807) is 0 Å².